The van der Waals surface area contributed by atoms with Crippen LogP contribution < -0.4 is 10.2 Å². The minimum atomic E-state index is -0.956. The minimum Gasteiger partial charge on any atom is -0.478 e. The molecule has 6 nitrogen and oxygen atoms in total. The molecule has 2 N–H and O–H groups in total. The first kappa shape index (κ1) is 18.8. The lowest BCUT2D eigenvalue weighted by Crippen LogP contribution is -2.36. The number of rotatable bonds is 6. The fourth-order valence-electron chi connectivity index (χ4n) is 3.32. The van der Waals surface area contributed by atoms with E-state index in [1.54, 1.807) is 36.2 Å². The van der Waals surface area contributed by atoms with Crippen molar-refractivity contribution in [3.63, 3.8) is 0 Å². The Morgan fingerprint density at radius 3 is 2.41 bits per heavy atom. The molecule has 1 aliphatic heterocycles. The molecule has 2 aromatic rings. The van der Waals surface area contributed by atoms with Crippen molar-refractivity contribution in [2.24, 2.45) is 0 Å². The van der Waals surface area contributed by atoms with Crippen LogP contribution in [0.2, 0.25) is 0 Å². The Bertz CT molecular complexity index is 799. The number of hydrogen-bond acceptors (Lipinski definition) is 3. The Kier molecular flexibility index (Phi) is 5.96. The summed E-state index contributed by atoms with van der Waals surface area (Å²) in [6.07, 6.45) is 2.43. The molecule has 1 fully saturated rings. The molecule has 1 heterocycles. The minimum absolute atomic E-state index is 0.159. The van der Waals surface area contributed by atoms with Crippen molar-refractivity contribution < 1.29 is 14.7 Å². The Morgan fingerprint density at radius 1 is 1.07 bits per heavy atom. The zero-order valence-electron chi connectivity index (χ0n) is 15.5. The molecule has 0 saturated carbocycles. The van der Waals surface area contributed by atoms with E-state index in [9.17, 15) is 9.59 Å². The second kappa shape index (κ2) is 8.58. The van der Waals surface area contributed by atoms with Gasteiger partial charge < -0.3 is 20.2 Å². The van der Waals surface area contributed by atoms with Gasteiger partial charge in [0.05, 0.1) is 5.56 Å². The van der Waals surface area contributed by atoms with E-state index in [4.69, 9.17) is 5.11 Å². The molecule has 1 saturated heterocycles. The third kappa shape index (κ3) is 4.78. The summed E-state index contributed by atoms with van der Waals surface area (Å²) in [5.41, 5.74) is 3.45. The summed E-state index contributed by atoms with van der Waals surface area (Å²) >= 11 is 0. The van der Waals surface area contributed by atoms with Crippen molar-refractivity contribution in [1.82, 2.24) is 10.2 Å². The summed E-state index contributed by atoms with van der Waals surface area (Å²) in [4.78, 5) is 27.4. The predicted molar refractivity (Wildman–Crippen MR) is 105 cm³/mol. The number of aromatic carboxylic acids is 1. The molecule has 6 heteroatoms. The van der Waals surface area contributed by atoms with Gasteiger partial charge in [0.1, 0.15) is 0 Å². The lowest BCUT2D eigenvalue weighted by Gasteiger charge is -2.24. The van der Waals surface area contributed by atoms with Crippen molar-refractivity contribution in [2.75, 3.05) is 25.0 Å². The number of urea groups is 1. The van der Waals surface area contributed by atoms with Gasteiger partial charge in [-0.1, -0.05) is 30.3 Å². The normalized spacial score (nSPS) is 13.4. The number of carbonyl (C=O) groups excluding carboxylic acids is 1. The first-order valence-corrected chi connectivity index (χ1v) is 9.18. The van der Waals surface area contributed by atoms with Crippen LogP contribution in [-0.4, -0.2) is 42.1 Å². The number of benzene rings is 2. The van der Waals surface area contributed by atoms with E-state index >= 15 is 0 Å². The first-order valence-electron chi connectivity index (χ1n) is 9.18. The van der Waals surface area contributed by atoms with E-state index in [-0.39, 0.29) is 11.6 Å². The molecule has 2 aromatic carbocycles. The number of carboxylic acid groups (broad SMARTS) is 1. The van der Waals surface area contributed by atoms with Crippen LogP contribution in [0, 0.1) is 0 Å². The van der Waals surface area contributed by atoms with Gasteiger partial charge in [0, 0.05) is 38.9 Å². The molecular formula is C21H25N3O3. The van der Waals surface area contributed by atoms with E-state index < -0.39 is 5.97 Å². The molecule has 0 radical (unpaired) electrons. The topological polar surface area (TPSA) is 72.9 Å². The maximum atomic E-state index is 12.4. The van der Waals surface area contributed by atoms with Gasteiger partial charge in [-0.05, 0) is 42.2 Å². The molecule has 0 unspecified atom stereocenters. The smallest absolute Gasteiger partial charge is 0.335 e. The van der Waals surface area contributed by atoms with Crippen LogP contribution in [0.1, 0.15) is 34.3 Å². The van der Waals surface area contributed by atoms with E-state index in [1.807, 2.05) is 12.1 Å². The SMILES string of the molecule is CN(Cc1ccccc1N1CCCC1)C(=O)NCc1ccc(C(=O)O)cc1. The van der Waals surface area contributed by atoms with Gasteiger partial charge >= 0.3 is 12.0 Å². The highest BCUT2D eigenvalue weighted by molar-refractivity contribution is 5.87. The highest BCUT2D eigenvalue weighted by Crippen LogP contribution is 2.25. The quantitative estimate of drug-likeness (QED) is 0.821. The summed E-state index contributed by atoms with van der Waals surface area (Å²) in [6, 6.07) is 14.6. The average molecular weight is 367 g/mol. The first-order chi connectivity index (χ1) is 13.0. The van der Waals surface area contributed by atoms with Gasteiger partial charge in [0.25, 0.3) is 0 Å². The Balaban J connectivity index is 1.57. The van der Waals surface area contributed by atoms with Crippen LogP contribution in [0.5, 0.6) is 0 Å². The van der Waals surface area contributed by atoms with Crippen molar-refractivity contribution in [3.05, 3.63) is 65.2 Å². The average Bonchev–Trinajstić information content (AvgIpc) is 3.21. The zero-order chi connectivity index (χ0) is 19.2. The predicted octanol–water partition coefficient (Wildman–Crippen LogP) is 3.33. The summed E-state index contributed by atoms with van der Waals surface area (Å²) < 4.78 is 0. The molecule has 0 bridgehead atoms. The van der Waals surface area contributed by atoms with Crippen LogP contribution >= 0.6 is 0 Å². The molecule has 0 aromatic heterocycles. The molecule has 3 rings (SSSR count). The highest BCUT2D eigenvalue weighted by atomic mass is 16.4. The van der Waals surface area contributed by atoms with Crippen LogP contribution in [0.3, 0.4) is 0 Å². The summed E-state index contributed by atoms with van der Waals surface area (Å²) in [5, 5.41) is 11.8. The van der Waals surface area contributed by atoms with E-state index in [1.165, 1.54) is 18.5 Å². The Labute approximate surface area is 159 Å². The second-order valence-electron chi connectivity index (χ2n) is 6.84. The van der Waals surface area contributed by atoms with Gasteiger partial charge in [-0.3, -0.25) is 0 Å². The molecule has 0 aliphatic carbocycles. The number of para-hydroxylation sites is 1. The van der Waals surface area contributed by atoms with E-state index in [0.29, 0.717) is 13.1 Å². The number of nitrogens with zero attached hydrogens (tertiary/aromatic N) is 2. The van der Waals surface area contributed by atoms with Crippen molar-refractivity contribution >= 4 is 17.7 Å². The largest absolute Gasteiger partial charge is 0.478 e. The number of carbonyl (C=O) groups is 2. The number of hydrogen-bond donors (Lipinski definition) is 2. The molecule has 142 valence electrons. The highest BCUT2D eigenvalue weighted by Gasteiger charge is 2.17. The molecule has 27 heavy (non-hydrogen) atoms. The Morgan fingerprint density at radius 2 is 1.74 bits per heavy atom. The second-order valence-corrected chi connectivity index (χ2v) is 6.84. The number of carboxylic acids is 1. The fourth-order valence-corrected chi connectivity index (χ4v) is 3.32. The van der Waals surface area contributed by atoms with E-state index in [0.717, 1.165) is 24.2 Å². The van der Waals surface area contributed by atoms with Gasteiger partial charge in [-0.2, -0.15) is 0 Å². The molecule has 2 amide bonds. The van der Waals surface area contributed by atoms with Gasteiger partial charge in [0.2, 0.25) is 0 Å². The van der Waals surface area contributed by atoms with Crippen molar-refractivity contribution in [3.8, 4) is 0 Å². The molecule has 0 spiro atoms. The van der Waals surface area contributed by atoms with Crippen LogP contribution in [0.25, 0.3) is 0 Å². The lowest BCUT2D eigenvalue weighted by molar-refractivity contribution is 0.0697. The summed E-state index contributed by atoms with van der Waals surface area (Å²) in [5.74, 6) is -0.956. The Hall–Kier alpha value is -3.02. The standard InChI is InChI=1S/C21H25N3O3/c1-23(15-18-6-2-3-7-19(18)24-12-4-5-13-24)21(27)22-14-16-8-10-17(11-9-16)20(25)26/h2-3,6-11H,4-5,12-15H2,1H3,(H,22,27)(H,25,26). The number of anilines is 1. The number of nitrogens with one attached hydrogen (secondary N) is 1. The van der Waals surface area contributed by atoms with Gasteiger partial charge in [0.15, 0.2) is 0 Å². The lowest BCUT2D eigenvalue weighted by atomic mass is 10.1. The maximum absolute atomic E-state index is 12.4. The van der Waals surface area contributed by atoms with Crippen molar-refractivity contribution in [2.45, 2.75) is 25.9 Å². The van der Waals surface area contributed by atoms with Crippen LogP contribution in [0.15, 0.2) is 48.5 Å². The third-order valence-corrected chi connectivity index (χ3v) is 4.84. The zero-order valence-corrected chi connectivity index (χ0v) is 15.5. The van der Waals surface area contributed by atoms with Crippen molar-refractivity contribution in [1.29, 1.82) is 0 Å². The summed E-state index contributed by atoms with van der Waals surface area (Å²) in [6.45, 7) is 3.03. The van der Waals surface area contributed by atoms with Gasteiger partial charge in [-0.15, -0.1) is 0 Å². The molecule has 1 aliphatic rings. The third-order valence-electron chi connectivity index (χ3n) is 4.84. The monoisotopic (exact) mass is 367 g/mol. The van der Waals surface area contributed by atoms with Crippen LogP contribution in [-0.2, 0) is 13.1 Å². The summed E-state index contributed by atoms with van der Waals surface area (Å²) in [7, 11) is 1.78. The van der Waals surface area contributed by atoms with E-state index in [2.05, 4.69) is 22.3 Å². The molecule has 0 atom stereocenters. The van der Waals surface area contributed by atoms with Gasteiger partial charge in [-0.25, -0.2) is 9.59 Å². The molecular weight excluding hydrogens is 342 g/mol. The van der Waals surface area contributed by atoms with Crippen LogP contribution in [0.4, 0.5) is 10.5 Å². The fraction of sp³-hybridized carbons (Fsp3) is 0.333. The maximum Gasteiger partial charge on any atom is 0.335 e. The number of amides is 2.